The number of anilines is 1. The number of nitrogens with one attached hydrogen (secondary N) is 2. The van der Waals surface area contributed by atoms with Crippen molar-refractivity contribution < 1.29 is 23.9 Å². The van der Waals surface area contributed by atoms with Crippen molar-refractivity contribution in [3.63, 3.8) is 0 Å². The van der Waals surface area contributed by atoms with Crippen LogP contribution in [0.5, 0.6) is 5.75 Å². The van der Waals surface area contributed by atoms with Gasteiger partial charge in [-0.1, -0.05) is 17.7 Å². The van der Waals surface area contributed by atoms with E-state index in [-0.39, 0.29) is 12.3 Å². The summed E-state index contributed by atoms with van der Waals surface area (Å²) in [6, 6.07) is 13.4. The van der Waals surface area contributed by atoms with E-state index in [4.69, 9.17) is 21.1 Å². The molecule has 2 aromatic rings. The molecule has 0 aliphatic carbocycles. The molecule has 0 saturated heterocycles. The molecule has 0 radical (unpaired) electrons. The molecular weight excluding hydrogens is 396 g/mol. The second-order valence-corrected chi connectivity index (χ2v) is 6.66. The summed E-state index contributed by atoms with van der Waals surface area (Å²) in [5.74, 6) is -0.601. The highest BCUT2D eigenvalue weighted by Gasteiger charge is 2.18. The molecule has 0 aliphatic heterocycles. The second-order valence-electron chi connectivity index (χ2n) is 6.22. The maximum absolute atomic E-state index is 12.2. The Morgan fingerprint density at radius 1 is 1.10 bits per heavy atom. The van der Waals surface area contributed by atoms with Gasteiger partial charge in [-0.05, 0) is 49.7 Å². The van der Waals surface area contributed by atoms with Crippen LogP contribution in [0.15, 0.2) is 48.5 Å². The summed E-state index contributed by atoms with van der Waals surface area (Å²) in [6.07, 6.45) is -0.475. The predicted octanol–water partition coefficient (Wildman–Crippen LogP) is 3.43. The van der Waals surface area contributed by atoms with Crippen molar-refractivity contribution in [2.24, 2.45) is 0 Å². The van der Waals surface area contributed by atoms with Crippen LogP contribution < -0.4 is 15.4 Å². The minimum Gasteiger partial charge on any atom is -0.497 e. The van der Waals surface area contributed by atoms with Crippen LogP contribution in [0.25, 0.3) is 0 Å². The lowest BCUT2D eigenvalue weighted by Crippen LogP contribution is -2.30. The third kappa shape index (κ3) is 7.46. The van der Waals surface area contributed by atoms with Crippen molar-refractivity contribution in [1.82, 2.24) is 5.32 Å². The van der Waals surface area contributed by atoms with Crippen molar-refractivity contribution >= 4 is 35.1 Å². The van der Waals surface area contributed by atoms with Crippen molar-refractivity contribution in [3.8, 4) is 5.75 Å². The molecule has 154 valence electrons. The zero-order chi connectivity index (χ0) is 21.2. The number of benzene rings is 2. The molecule has 2 amide bonds. The lowest BCUT2D eigenvalue weighted by atomic mass is 10.2. The number of hydrogen-bond donors (Lipinski definition) is 2. The van der Waals surface area contributed by atoms with Crippen molar-refractivity contribution in [1.29, 1.82) is 0 Å². The first kappa shape index (κ1) is 22.2. The Labute approximate surface area is 174 Å². The van der Waals surface area contributed by atoms with Gasteiger partial charge in [-0.15, -0.1) is 0 Å². The lowest BCUT2D eigenvalue weighted by Gasteiger charge is -2.14. The molecule has 2 aromatic carbocycles. The van der Waals surface area contributed by atoms with Crippen molar-refractivity contribution in [2.45, 2.75) is 25.9 Å². The van der Waals surface area contributed by atoms with Crippen molar-refractivity contribution in [3.05, 3.63) is 59.1 Å². The molecule has 29 heavy (non-hydrogen) atoms. The van der Waals surface area contributed by atoms with Gasteiger partial charge in [-0.2, -0.15) is 0 Å². The van der Waals surface area contributed by atoms with Crippen LogP contribution in [-0.2, 0) is 14.3 Å². The van der Waals surface area contributed by atoms with E-state index in [9.17, 15) is 14.4 Å². The Hall–Kier alpha value is -3.06. The molecule has 1 atom stereocenters. The Morgan fingerprint density at radius 3 is 2.52 bits per heavy atom. The average Bonchev–Trinajstić information content (AvgIpc) is 2.71. The number of esters is 1. The van der Waals surface area contributed by atoms with Gasteiger partial charge in [0.2, 0.25) is 0 Å². The van der Waals surface area contributed by atoms with E-state index in [1.165, 1.54) is 14.0 Å². The predicted molar refractivity (Wildman–Crippen MR) is 110 cm³/mol. The van der Waals surface area contributed by atoms with Gasteiger partial charge in [-0.25, -0.2) is 0 Å². The lowest BCUT2D eigenvalue weighted by molar-refractivity contribution is -0.153. The zero-order valence-electron chi connectivity index (χ0n) is 16.2. The van der Waals surface area contributed by atoms with Crippen LogP contribution in [0, 0.1) is 0 Å². The summed E-state index contributed by atoms with van der Waals surface area (Å²) in [6.45, 7) is 1.80. The number of carbonyl (C=O) groups excluding carboxylic acids is 3. The highest BCUT2D eigenvalue weighted by Crippen LogP contribution is 2.17. The summed E-state index contributed by atoms with van der Waals surface area (Å²) in [5, 5.41) is 5.93. The van der Waals surface area contributed by atoms with Gasteiger partial charge in [0, 0.05) is 35.3 Å². The van der Waals surface area contributed by atoms with Crippen LogP contribution >= 0.6 is 11.6 Å². The fourth-order valence-electron chi connectivity index (χ4n) is 2.39. The molecule has 0 aromatic heterocycles. The maximum atomic E-state index is 12.2. The molecular formula is C21H23ClN2O5. The van der Waals surface area contributed by atoms with E-state index in [2.05, 4.69) is 10.6 Å². The Morgan fingerprint density at radius 2 is 1.83 bits per heavy atom. The molecule has 2 N–H and O–H groups in total. The molecule has 8 heteroatoms. The van der Waals surface area contributed by atoms with Gasteiger partial charge in [0.1, 0.15) is 5.75 Å². The summed E-state index contributed by atoms with van der Waals surface area (Å²) in [4.78, 5) is 36.0. The SMILES string of the molecule is COc1cccc(NC(=O)[C@@H](C)OC(=O)CCCNC(=O)c2ccc(Cl)cc2)c1. The van der Waals surface area contributed by atoms with Crippen molar-refractivity contribution in [2.75, 3.05) is 19.0 Å². The molecule has 2 rings (SSSR count). The van der Waals surface area contributed by atoms with E-state index in [1.807, 2.05) is 0 Å². The van der Waals surface area contributed by atoms with Gasteiger partial charge in [0.25, 0.3) is 11.8 Å². The number of amides is 2. The minimum atomic E-state index is -0.947. The number of carbonyl (C=O) groups is 3. The Bertz CT molecular complexity index is 854. The summed E-state index contributed by atoms with van der Waals surface area (Å²) in [5.41, 5.74) is 1.03. The highest BCUT2D eigenvalue weighted by atomic mass is 35.5. The van der Waals surface area contributed by atoms with Crippen LogP contribution in [0.3, 0.4) is 0 Å². The first-order chi connectivity index (χ1) is 13.9. The first-order valence-corrected chi connectivity index (χ1v) is 9.45. The number of rotatable bonds is 9. The fraction of sp³-hybridized carbons (Fsp3) is 0.286. The van der Waals surface area contributed by atoms with Crippen LogP contribution in [-0.4, -0.2) is 37.5 Å². The summed E-state index contributed by atoms with van der Waals surface area (Å²) >= 11 is 5.78. The van der Waals surface area contributed by atoms with Gasteiger partial charge < -0.3 is 20.1 Å². The molecule has 0 spiro atoms. The van der Waals surface area contributed by atoms with Gasteiger partial charge in [0.15, 0.2) is 6.10 Å². The summed E-state index contributed by atoms with van der Waals surface area (Å²) in [7, 11) is 1.53. The normalized spacial score (nSPS) is 11.3. The average molecular weight is 419 g/mol. The van der Waals surface area contributed by atoms with Crippen LogP contribution in [0.1, 0.15) is 30.1 Å². The van der Waals surface area contributed by atoms with Gasteiger partial charge in [0.05, 0.1) is 7.11 Å². The Kier molecular flexibility index (Phi) is 8.48. The molecule has 7 nitrogen and oxygen atoms in total. The number of halogens is 1. The Balaban J connectivity index is 1.69. The molecule has 0 fully saturated rings. The van der Waals surface area contributed by atoms with E-state index in [0.29, 0.717) is 35.0 Å². The maximum Gasteiger partial charge on any atom is 0.306 e. The molecule has 0 aliphatic rings. The topological polar surface area (TPSA) is 93.7 Å². The fourth-order valence-corrected chi connectivity index (χ4v) is 2.52. The zero-order valence-corrected chi connectivity index (χ0v) is 17.0. The third-order valence-electron chi connectivity index (χ3n) is 3.96. The molecule has 0 heterocycles. The van der Waals surface area contributed by atoms with Crippen LogP contribution in [0.4, 0.5) is 5.69 Å². The molecule has 0 saturated carbocycles. The largest absolute Gasteiger partial charge is 0.497 e. The van der Waals surface area contributed by atoms with E-state index in [0.717, 1.165) is 0 Å². The standard InChI is InChI=1S/C21H23ClN2O5/c1-14(20(26)24-17-5-3-6-18(13-17)28-2)29-19(25)7-4-12-23-21(27)15-8-10-16(22)11-9-15/h3,5-6,8-11,13-14H,4,7,12H2,1-2H3,(H,23,27)(H,24,26)/t14-/m1/s1. The quantitative estimate of drug-likeness (QED) is 0.480. The molecule has 0 bridgehead atoms. The summed E-state index contributed by atoms with van der Waals surface area (Å²) < 4.78 is 10.2. The number of methoxy groups -OCH3 is 1. The highest BCUT2D eigenvalue weighted by molar-refractivity contribution is 6.30. The van der Waals surface area contributed by atoms with E-state index in [1.54, 1.807) is 48.5 Å². The van der Waals surface area contributed by atoms with E-state index >= 15 is 0 Å². The first-order valence-electron chi connectivity index (χ1n) is 9.07. The monoisotopic (exact) mass is 418 g/mol. The second kappa shape index (κ2) is 11.1. The van der Waals surface area contributed by atoms with Gasteiger partial charge >= 0.3 is 5.97 Å². The number of hydrogen-bond acceptors (Lipinski definition) is 5. The van der Waals surface area contributed by atoms with Gasteiger partial charge in [-0.3, -0.25) is 14.4 Å². The molecule has 0 unspecified atom stereocenters. The third-order valence-corrected chi connectivity index (χ3v) is 4.22. The minimum absolute atomic E-state index is 0.0810. The number of ether oxygens (including phenoxy) is 2. The smallest absolute Gasteiger partial charge is 0.306 e. The van der Waals surface area contributed by atoms with Crippen LogP contribution in [0.2, 0.25) is 5.02 Å². The van der Waals surface area contributed by atoms with E-state index < -0.39 is 18.0 Å².